The number of carbonyl (C=O) groups excluding carboxylic acids is 1. The van der Waals surface area contributed by atoms with Gasteiger partial charge in [-0.1, -0.05) is 24.6 Å². The van der Waals surface area contributed by atoms with Crippen LogP contribution in [0.5, 0.6) is 0 Å². The first-order chi connectivity index (χ1) is 13.9. The fourth-order valence-electron chi connectivity index (χ4n) is 3.20. The van der Waals surface area contributed by atoms with Gasteiger partial charge in [0.15, 0.2) is 0 Å². The van der Waals surface area contributed by atoms with E-state index in [9.17, 15) is 14.3 Å². The molecule has 7 nitrogen and oxygen atoms in total. The van der Waals surface area contributed by atoms with Crippen LogP contribution in [0.3, 0.4) is 0 Å². The average molecular weight is 422 g/mol. The lowest BCUT2D eigenvalue weighted by Crippen LogP contribution is -2.44. The highest BCUT2D eigenvalue weighted by atomic mass is 35.5. The van der Waals surface area contributed by atoms with Gasteiger partial charge in [-0.15, -0.1) is 0 Å². The standard InChI is InChI=1S/C20H25ClFN5O2/c1-3-17(13-4-5-15(21)16(22)8-13)26-20(29)27-7-6-14-9-23-19(24-12(2)11-28)25-18(14)10-27/h4-5,8-9,12,17,28H,3,6-7,10-11H2,1-2H3,(H,26,29)(H,23,24,25)/t12-,17+/m0/s1. The van der Waals surface area contributed by atoms with Gasteiger partial charge in [0.2, 0.25) is 5.95 Å². The number of hydrogen-bond donors (Lipinski definition) is 3. The maximum absolute atomic E-state index is 13.8. The minimum absolute atomic E-state index is 0.0291. The quantitative estimate of drug-likeness (QED) is 0.666. The minimum Gasteiger partial charge on any atom is -0.394 e. The number of nitrogens with one attached hydrogen (secondary N) is 2. The maximum Gasteiger partial charge on any atom is 0.318 e. The Hall–Kier alpha value is -2.45. The summed E-state index contributed by atoms with van der Waals surface area (Å²) in [5.74, 6) is -0.0757. The van der Waals surface area contributed by atoms with Crippen LogP contribution in [0.2, 0.25) is 5.02 Å². The number of carbonyl (C=O) groups is 1. The number of aromatic nitrogens is 2. The highest BCUT2D eigenvalue weighted by Crippen LogP contribution is 2.23. The molecule has 2 heterocycles. The van der Waals surface area contributed by atoms with Gasteiger partial charge in [-0.05, 0) is 43.0 Å². The van der Waals surface area contributed by atoms with Crippen LogP contribution >= 0.6 is 11.6 Å². The smallest absolute Gasteiger partial charge is 0.318 e. The van der Waals surface area contributed by atoms with Gasteiger partial charge in [0.1, 0.15) is 5.82 Å². The van der Waals surface area contributed by atoms with E-state index in [-0.39, 0.29) is 29.7 Å². The number of hydrogen-bond acceptors (Lipinski definition) is 5. The first-order valence-electron chi connectivity index (χ1n) is 9.63. The second kappa shape index (κ2) is 9.37. The van der Waals surface area contributed by atoms with Crippen molar-refractivity contribution in [3.8, 4) is 0 Å². The van der Waals surface area contributed by atoms with E-state index in [1.807, 2.05) is 13.8 Å². The molecule has 0 saturated carbocycles. The highest BCUT2D eigenvalue weighted by molar-refractivity contribution is 6.30. The zero-order valence-corrected chi connectivity index (χ0v) is 17.2. The predicted octanol–water partition coefficient (Wildman–Crippen LogP) is 3.28. The molecule has 0 unspecified atom stereocenters. The number of amides is 2. The van der Waals surface area contributed by atoms with Crippen LogP contribution < -0.4 is 10.6 Å². The van der Waals surface area contributed by atoms with Gasteiger partial charge in [0, 0.05) is 18.8 Å². The van der Waals surface area contributed by atoms with Gasteiger partial charge < -0.3 is 20.6 Å². The largest absolute Gasteiger partial charge is 0.394 e. The Balaban J connectivity index is 1.69. The van der Waals surface area contributed by atoms with Crippen molar-refractivity contribution in [1.82, 2.24) is 20.2 Å². The van der Waals surface area contributed by atoms with E-state index >= 15 is 0 Å². The van der Waals surface area contributed by atoms with Gasteiger partial charge in [0.25, 0.3) is 0 Å². The van der Waals surface area contributed by atoms with Crippen molar-refractivity contribution in [1.29, 1.82) is 0 Å². The Morgan fingerprint density at radius 1 is 1.45 bits per heavy atom. The van der Waals surface area contributed by atoms with Crippen LogP contribution in [-0.2, 0) is 13.0 Å². The van der Waals surface area contributed by atoms with E-state index in [1.54, 1.807) is 17.2 Å². The number of benzene rings is 1. The molecule has 1 aliphatic heterocycles. The third-order valence-electron chi connectivity index (χ3n) is 4.93. The lowest BCUT2D eigenvalue weighted by molar-refractivity contribution is 0.187. The van der Waals surface area contributed by atoms with Crippen LogP contribution in [-0.4, -0.2) is 45.2 Å². The van der Waals surface area contributed by atoms with Crippen LogP contribution in [0.4, 0.5) is 15.1 Å². The Labute approximate surface area is 174 Å². The van der Waals surface area contributed by atoms with Crippen molar-refractivity contribution in [2.24, 2.45) is 0 Å². The third-order valence-corrected chi connectivity index (χ3v) is 5.24. The zero-order chi connectivity index (χ0) is 21.0. The van der Waals surface area contributed by atoms with Crippen molar-refractivity contribution >= 4 is 23.6 Å². The van der Waals surface area contributed by atoms with Gasteiger partial charge in [0.05, 0.1) is 29.9 Å². The molecule has 0 bridgehead atoms. The molecule has 0 radical (unpaired) electrons. The van der Waals surface area contributed by atoms with Crippen molar-refractivity contribution < 1.29 is 14.3 Å². The average Bonchev–Trinajstić information content (AvgIpc) is 2.73. The number of fused-ring (bicyclic) bond motifs is 1. The van der Waals surface area contributed by atoms with Crippen LogP contribution in [0.1, 0.15) is 43.1 Å². The second-order valence-electron chi connectivity index (χ2n) is 7.15. The van der Waals surface area contributed by atoms with E-state index in [4.69, 9.17) is 11.6 Å². The lowest BCUT2D eigenvalue weighted by atomic mass is 10.0. The van der Waals surface area contributed by atoms with Crippen molar-refractivity contribution in [3.05, 3.63) is 52.1 Å². The second-order valence-corrected chi connectivity index (χ2v) is 7.56. The number of aliphatic hydroxyl groups excluding tert-OH is 1. The monoisotopic (exact) mass is 421 g/mol. The number of aliphatic hydroxyl groups is 1. The number of rotatable bonds is 6. The van der Waals surface area contributed by atoms with Crippen molar-refractivity contribution in [2.45, 2.75) is 45.3 Å². The molecule has 2 aromatic rings. The molecular weight excluding hydrogens is 397 g/mol. The van der Waals surface area contributed by atoms with Crippen molar-refractivity contribution in [3.63, 3.8) is 0 Å². The normalized spacial score (nSPS) is 15.4. The summed E-state index contributed by atoms with van der Waals surface area (Å²) < 4.78 is 13.8. The van der Waals surface area contributed by atoms with Crippen LogP contribution in [0.25, 0.3) is 0 Å². The predicted molar refractivity (Wildman–Crippen MR) is 109 cm³/mol. The Bertz CT molecular complexity index is 882. The highest BCUT2D eigenvalue weighted by Gasteiger charge is 2.24. The fourth-order valence-corrected chi connectivity index (χ4v) is 3.32. The zero-order valence-electron chi connectivity index (χ0n) is 16.5. The van der Waals surface area contributed by atoms with Gasteiger partial charge in [-0.3, -0.25) is 0 Å². The fraction of sp³-hybridized carbons (Fsp3) is 0.450. The SMILES string of the molecule is CC[C@@H](NC(=O)N1CCc2cnc(N[C@@H](C)CO)nc2C1)c1ccc(Cl)c(F)c1. The summed E-state index contributed by atoms with van der Waals surface area (Å²) in [4.78, 5) is 23.3. The molecule has 1 aromatic carbocycles. The summed E-state index contributed by atoms with van der Waals surface area (Å²) in [5.41, 5.74) is 2.45. The molecule has 2 atom stereocenters. The van der Waals surface area contributed by atoms with E-state index < -0.39 is 5.82 Å². The molecule has 2 amide bonds. The molecular formula is C20H25ClFN5O2. The van der Waals surface area contributed by atoms with Crippen molar-refractivity contribution in [2.75, 3.05) is 18.5 Å². The summed E-state index contributed by atoms with van der Waals surface area (Å²) in [6.07, 6.45) is 3.03. The lowest BCUT2D eigenvalue weighted by Gasteiger charge is -2.30. The molecule has 0 aliphatic carbocycles. The summed E-state index contributed by atoms with van der Waals surface area (Å²) in [6.45, 7) is 4.63. The molecule has 0 saturated heterocycles. The van der Waals surface area contributed by atoms with E-state index in [0.717, 1.165) is 11.3 Å². The molecule has 0 fully saturated rings. The maximum atomic E-state index is 13.8. The van der Waals surface area contributed by atoms with Crippen LogP contribution in [0.15, 0.2) is 24.4 Å². The minimum atomic E-state index is -0.502. The molecule has 3 N–H and O–H groups in total. The summed E-state index contributed by atoms with van der Waals surface area (Å²) in [7, 11) is 0. The Morgan fingerprint density at radius 3 is 2.93 bits per heavy atom. The number of halogens is 2. The first-order valence-corrected chi connectivity index (χ1v) is 10.0. The molecule has 1 aliphatic rings. The Kier molecular flexibility index (Phi) is 6.87. The first kappa shape index (κ1) is 21.3. The molecule has 1 aromatic heterocycles. The van der Waals surface area contributed by atoms with Gasteiger partial charge in [-0.2, -0.15) is 0 Å². The number of anilines is 1. The van der Waals surface area contributed by atoms with Gasteiger partial charge in [-0.25, -0.2) is 19.2 Å². The van der Waals surface area contributed by atoms with Crippen LogP contribution in [0, 0.1) is 5.82 Å². The molecule has 29 heavy (non-hydrogen) atoms. The summed E-state index contributed by atoms with van der Waals surface area (Å²) in [5, 5.41) is 15.2. The van der Waals surface area contributed by atoms with E-state index in [1.165, 1.54) is 12.1 Å². The Morgan fingerprint density at radius 2 is 2.24 bits per heavy atom. The van der Waals surface area contributed by atoms with Gasteiger partial charge >= 0.3 is 6.03 Å². The molecule has 156 valence electrons. The summed E-state index contributed by atoms with van der Waals surface area (Å²) >= 11 is 5.76. The molecule has 3 rings (SSSR count). The molecule has 0 spiro atoms. The number of urea groups is 1. The third kappa shape index (κ3) is 5.13. The van der Waals surface area contributed by atoms with E-state index in [2.05, 4.69) is 20.6 Å². The number of nitrogens with zero attached hydrogens (tertiary/aromatic N) is 3. The van der Waals surface area contributed by atoms with E-state index in [0.29, 0.717) is 37.4 Å². The molecule has 9 heteroatoms. The summed E-state index contributed by atoms with van der Waals surface area (Å²) in [6, 6.07) is 3.87. The topological polar surface area (TPSA) is 90.4 Å².